The van der Waals surface area contributed by atoms with E-state index in [-0.39, 0.29) is 0 Å². The molecular formula is C18H39N3O. The number of unbranched alkanes of at least 4 members (excludes halogenated alkanes) is 7. The average Bonchev–Trinajstić information content (AvgIpc) is 2.54. The first kappa shape index (κ1) is 21.8. The fourth-order valence-electron chi connectivity index (χ4n) is 2.37. The summed E-state index contributed by atoms with van der Waals surface area (Å²) in [6.45, 7) is 11.9. The van der Waals surface area contributed by atoms with Crippen LogP contribution in [0.3, 0.4) is 0 Å². The number of nitrogens with two attached hydrogens (primary N) is 1. The zero-order valence-electron chi connectivity index (χ0n) is 14.6. The molecule has 4 nitrogen and oxygen atoms in total. The Hall–Kier alpha value is -0.160. The van der Waals surface area contributed by atoms with Gasteiger partial charge in [0.15, 0.2) is 0 Å². The largest absolute Gasteiger partial charge is 0.380 e. The summed E-state index contributed by atoms with van der Waals surface area (Å²) < 4.78 is 5.29. The first-order valence-corrected chi connectivity index (χ1v) is 9.31. The number of ether oxygens (including phenoxy) is 1. The van der Waals surface area contributed by atoms with Crippen molar-refractivity contribution in [3.63, 3.8) is 0 Å². The molecule has 0 saturated carbocycles. The second-order valence-electron chi connectivity index (χ2n) is 5.87. The van der Waals surface area contributed by atoms with Crippen molar-refractivity contribution >= 4 is 0 Å². The summed E-state index contributed by atoms with van der Waals surface area (Å²) in [5.74, 6) is 0. The molecule has 0 aliphatic heterocycles. The van der Waals surface area contributed by atoms with Gasteiger partial charge in [0.1, 0.15) is 0 Å². The highest BCUT2D eigenvalue weighted by Gasteiger charge is 1.93. The maximum absolute atomic E-state index is 5.48. The van der Waals surface area contributed by atoms with Gasteiger partial charge in [-0.05, 0) is 58.8 Å². The summed E-state index contributed by atoms with van der Waals surface area (Å²) in [7, 11) is 0. The Morgan fingerprint density at radius 2 is 1.18 bits per heavy atom. The van der Waals surface area contributed by atoms with Gasteiger partial charge in [-0.15, -0.1) is 0 Å². The van der Waals surface area contributed by atoms with Crippen molar-refractivity contribution in [1.82, 2.24) is 10.6 Å². The van der Waals surface area contributed by atoms with Crippen LogP contribution in [0.5, 0.6) is 0 Å². The third-order valence-corrected chi connectivity index (χ3v) is 3.70. The predicted octanol–water partition coefficient (Wildman–Crippen LogP) is 2.75. The Bertz CT molecular complexity index is 171. The van der Waals surface area contributed by atoms with Crippen molar-refractivity contribution in [2.24, 2.45) is 5.73 Å². The molecule has 0 aliphatic rings. The summed E-state index contributed by atoms with van der Waals surface area (Å²) in [5, 5.41) is 6.88. The summed E-state index contributed by atoms with van der Waals surface area (Å²) >= 11 is 0. The van der Waals surface area contributed by atoms with Crippen LogP contribution in [-0.2, 0) is 4.74 Å². The lowest BCUT2D eigenvalue weighted by atomic mass is 10.1. The fraction of sp³-hybridized carbons (Fsp3) is 0.944. The van der Waals surface area contributed by atoms with Crippen molar-refractivity contribution < 1.29 is 4.74 Å². The molecule has 0 aromatic heterocycles. The normalized spacial score (nSPS) is 11.2. The molecule has 0 atom stereocenters. The van der Waals surface area contributed by atoms with E-state index in [0.29, 0.717) is 13.0 Å². The van der Waals surface area contributed by atoms with Crippen LogP contribution in [0.4, 0.5) is 0 Å². The molecule has 0 aromatic rings. The second kappa shape index (κ2) is 20.8. The van der Waals surface area contributed by atoms with Crippen LogP contribution in [0, 0.1) is 6.92 Å². The highest BCUT2D eigenvalue weighted by atomic mass is 16.5. The van der Waals surface area contributed by atoms with E-state index >= 15 is 0 Å². The third kappa shape index (κ3) is 19.8. The molecule has 0 heterocycles. The molecule has 0 bridgehead atoms. The smallest absolute Gasteiger partial charge is 0.0590 e. The first-order chi connectivity index (χ1) is 10.9. The molecular weight excluding hydrogens is 274 g/mol. The van der Waals surface area contributed by atoms with E-state index in [1.807, 2.05) is 0 Å². The van der Waals surface area contributed by atoms with Crippen LogP contribution in [-0.4, -0.2) is 45.9 Å². The highest BCUT2D eigenvalue weighted by Crippen LogP contribution is 2.07. The Morgan fingerprint density at radius 1 is 0.636 bits per heavy atom. The third-order valence-electron chi connectivity index (χ3n) is 3.70. The molecule has 0 saturated heterocycles. The minimum absolute atomic E-state index is 0.609. The summed E-state index contributed by atoms with van der Waals surface area (Å²) in [4.78, 5) is 0. The number of nitrogens with one attached hydrogen (secondary N) is 2. The quantitative estimate of drug-likeness (QED) is 0.321. The molecule has 0 aliphatic carbocycles. The maximum atomic E-state index is 5.48. The molecule has 0 aromatic carbocycles. The molecule has 4 heteroatoms. The van der Waals surface area contributed by atoms with Gasteiger partial charge in [0.25, 0.3) is 0 Å². The monoisotopic (exact) mass is 313 g/mol. The standard InChI is InChI=1S/C18H39N3O/c1-2-17-22-18-16-21-15-11-14-20-13-10-8-6-4-3-5-7-9-12-19/h1,20-21H,2-19H2. The SMILES string of the molecule is [CH]CCOCCNCCCNCCCCCCCCCCN. The Morgan fingerprint density at radius 3 is 1.82 bits per heavy atom. The van der Waals surface area contributed by atoms with Crippen LogP contribution in [0.1, 0.15) is 64.2 Å². The lowest BCUT2D eigenvalue weighted by Gasteiger charge is -2.07. The van der Waals surface area contributed by atoms with Gasteiger partial charge in [0, 0.05) is 13.2 Å². The van der Waals surface area contributed by atoms with Gasteiger partial charge < -0.3 is 21.1 Å². The first-order valence-electron chi connectivity index (χ1n) is 9.31. The zero-order chi connectivity index (χ0) is 16.1. The van der Waals surface area contributed by atoms with Crippen molar-refractivity contribution in [2.75, 3.05) is 45.9 Å². The molecule has 0 fully saturated rings. The van der Waals surface area contributed by atoms with Crippen molar-refractivity contribution in [3.8, 4) is 0 Å². The van der Waals surface area contributed by atoms with Crippen molar-refractivity contribution in [3.05, 3.63) is 6.92 Å². The van der Waals surface area contributed by atoms with Crippen LogP contribution < -0.4 is 16.4 Å². The van der Waals surface area contributed by atoms with E-state index in [4.69, 9.17) is 17.4 Å². The van der Waals surface area contributed by atoms with Gasteiger partial charge in [-0.1, -0.05) is 38.5 Å². The van der Waals surface area contributed by atoms with Crippen LogP contribution in [0.25, 0.3) is 0 Å². The molecule has 0 unspecified atom stereocenters. The van der Waals surface area contributed by atoms with Gasteiger partial charge in [0.05, 0.1) is 6.61 Å². The molecule has 0 amide bonds. The summed E-state index contributed by atoms with van der Waals surface area (Å²) in [6.07, 6.45) is 12.5. The molecule has 132 valence electrons. The van der Waals surface area contributed by atoms with E-state index < -0.39 is 0 Å². The predicted molar refractivity (Wildman–Crippen MR) is 96.1 cm³/mol. The number of hydrogen-bond acceptors (Lipinski definition) is 4. The lowest BCUT2D eigenvalue weighted by Crippen LogP contribution is -2.25. The van der Waals surface area contributed by atoms with E-state index in [2.05, 4.69) is 10.6 Å². The molecule has 0 rings (SSSR count). The summed E-state index contributed by atoms with van der Waals surface area (Å²) in [6, 6.07) is 0. The highest BCUT2D eigenvalue weighted by molar-refractivity contribution is 4.53. The fourth-order valence-corrected chi connectivity index (χ4v) is 2.37. The summed E-state index contributed by atoms with van der Waals surface area (Å²) in [5.41, 5.74) is 5.48. The van der Waals surface area contributed by atoms with Gasteiger partial charge in [-0.3, -0.25) is 0 Å². The average molecular weight is 314 g/mol. The topological polar surface area (TPSA) is 59.3 Å². The molecule has 0 spiro atoms. The number of hydrogen-bond donors (Lipinski definition) is 3. The Labute approximate surface area is 138 Å². The molecule has 2 radical (unpaired) electrons. The minimum atomic E-state index is 0.609. The number of rotatable bonds is 19. The van der Waals surface area contributed by atoms with Crippen molar-refractivity contribution in [2.45, 2.75) is 64.2 Å². The van der Waals surface area contributed by atoms with E-state index in [0.717, 1.165) is 39.3 Å². The van der Waals surface area contributed by atoms with E-state index in [1.54, 1.807) is 0 Å². The van der Waals surface area contributed by atoms with Crippen molar-refractivity contribution in [1.29, 1.82) is 0 Å². The molecule has 4 N–H and O–H groups in total. The van der Waals surface area contributed by atoms with E-state index in [1.165, 1.54) is 57.8 Å². The van der Waals surface area contributed by atoms with Gasteiger partial charge in [-0.25, -0.2) is 0 Å². The Kier molecular flexibility index (Phi) is 20.7. The van der Waals surface area contributed by atoms with Gasteiger partial charge >= 0.3 is 0 Å². The second-order valence-corrected chi connectivity index (χ2v) is 5.87. The lowest BCUT2D eigenvalue weighted by molar-refractivity contribution is 0.140. The van der Waals surface area contributed by atoms with Gasteiger partial charge in [0.2, 0.25) is 0 Å². The van der Waals surface area contributed by atoms with Crippen LogP contribution >= 0.6 is 0 Å². The van der Waals surface area contributed by atoms with Crippen LogP contribution in [0.2, 0.25) is 0 Å². The van der Waals surface area contributed by atoms with Crippen LogP contribution in [0.15, 0.2) is 0 Å². The zero-order valence-corrected chi connectivity index (χ0v) is 14.6. The van der Waals surface area contributed by atoms with E-state index in [9.17, 15) is 0 Å². The Balaban J connectivity index is 2.91. The van der Waals surface area contributed by atoms with Gasteiger partial charge in [-0.2, -0.15) is 0 Å². The minimum Gasteiger partial charge on any atom is -0.380 e. The maximum Gasteiger partial charge on any atom is 0.0590 e. The molecule has 22 heavy (non-hydrogen) atoms.